The third-order valence-electron chi connectivity index (χ3n) is 4.83. The monoisotopic (exact) mass is 369 g/mol. The molecular weight excluding hydrogens is 345 g/mol. The molecule has 142 valence electrons. The van der Waals surface area contributed by atoms with Gasteiger partial charge in [0.05, 0.1) is 12.1 Å². The first-order valence-electron chi connectivity index (χ1n) is 9.20. The quantitative estimate of drug-likeness (QED) is 0.849. The fraction of sp³-hybridized carbons (Fsp3) is 0.333. The van der Waals surface area contributed by atoms with Crippen molar-refractivity contribution in [1.29, 1.82) is 0 Å². The Morgan fingerprint density at radius 2 is 1.74 bits per heavy atom. The Kier molecular flexibility index (Phi) is 6.06. The Labute approximate surface area is 158 Å². The minimum absolute atomic E-state index is 0.0782. The molecule has 2 amide bonds. The Balaban J connectivity index is 1.49. The van der Waals surface area contributed by atoms with Crippen molar-refractivity contribution in [3.05, 3.63) is 59.9 Å². The van der Waals surface area contributed by atoms with E-state index in [2.05, 4.69) is 22.5 Å². The Hall–Kier alpha value is -2.89. The van der Waals surface area contributed by atoms with Gasteiger partial charge >= 0.3 is 0 Å². The van der Waals surface area contributed by atoms with Crippen LogP contribution in [0.25, 0.3) is 0 Å². The van der Waals surface area contributed by atoms with Crippen molar-refractivity contribution in [1.82, 2.24) is 5.32 Å². The van der Waals surface area contributed by atoms with E-state index in [1.54, 1.807) is 6.07 Å². The number of hydrogen-bond acceptors (Lipinski definition) is 3. The predicted octanol–water partition coefficient (Wildman–Crippen LogP) is 3.43. The second kappa shape index (κ2) is 8.66. The van der Waals surface area contributed by atoms with Gasteiger partial charge in [0, 0.05) is 24.5 Å². The lowest BCUT2D eigenvalue weighted by Crippen LogP contribution is -2.33. The molecule has 0 aliphatic carbocycles. The van der Waals surface area contributed by atoms with Crippen LogP contribution in [-0.4, -0.2) is 31.4 Å². The van der Waals surface area contributed by atoms with Crippen LogP contribution < -0.4 is 15.5 Å². The van der Waals surface area contributed by atoms with Crippen LogP contribution in [0.3, 0.4) is 0 Å². The number of amides is 2. The van der Waals surface area contributed by atoms with Crippen LogP contribution in [0.4, 0.5) is 15.8 Å². The third kappa shape index (κ3) is 5.06. The number of carbonyl (C=O) groups is 2. The summed E-state index contributed by atoms with van der Waals surface area (Å²) in [6, 6.07) is 13.3. The van der Waals surface area contributed by atoms with Gasteiger partial charge in [-0.25, -0.2) is 4.39 Å². The van der Waals surface area contributed by atoms with E-state index in [9.17, 15) is 14.0 Å². The second-order valence-electron chi connectivity index (χ2n) is 6.93. The van der Waals surface area contributed by atoms with Crippen molar-refractivity contribution in [3.8, 4) is 0 Å². The van der Waals surface area contributed by atoms with E-state index < -0.39 is 11.7 Å². The summed E-state index contributed by atoms with van der Waals surface area (Å²) in [5, 5.41) is 5.16. The first kappa shape index (κ1) is 18.9. The van der Waals surface area contributed by atoms with Crippen LogP contribution >= 0.6 is 0 Å². The molecule has 0 atom stereocenters. The molecule has 1 aliphatic heterocycles. The summed E-state index contributed by atoms with van der Waals surface area (Å²) in [6.07, 6.45) is 2.39. The fourth-order valence-corrected chi connectivity index (χ4v) is 3.13. The van der Waals surface area contributed by atoms with E-state index in [-0.39, 0.29) is 18.0 Å². The molecule has 5 nitrogen and oxygen atoms in total. The van der Waals surface area contributed by atoms with Crippen molar-refractivity contribution in [2.75, 3.05) is 29.9 Å². The van der Waals surface area contributed by atoms with Gasteiger partial charge in [0.25, 0.3) is 5.91 Å². The van der Waals surface area contributed by atoms with Crippen LogP contribution in [0.2, 0.25) is 0 Å². The molecule has 6 heteroatoms. The fourth-order valence-electron chi connectivity index (χ4n) is 3.13. The molecule has 0 saturated carbocycles. The average Bonchev–Trinajstić information content (AvgIpc) is 2.68. The molecule has 0 unspecified atom stereocenters. The Morgan fingerprint density at radius 3 is 2.41 bits per heavy atom. The first-order chi connectivity index (χ1) is 13.0. The molecular formula is C21H24FN3O2. The zero-order valence-corrected chi connectivity index (χ0v) is 15.4. The zero-order chi connectivity index (χ0) is 19.2. The van der Waals surface area contributed by atoms with E-state index in [1.165, 1.54) is 31.0 Å². The number of hydrogen-bond donors (Lipinski definition) is 2. The molecule has 2 aromatic rings. The maximum Gasteiger partial charge on any atom is 0.254 e. The lowest BCUT2D eigenvalue weighted by Gasteiger charge is -2.32. The van der Waals surface area contributed by atoms with Gasteiger partial charge in [0.1, 0.15) is 5.82 Å². The normalized spacial score (nSPS) is 14.7. The van der Waals surface area contributed by atoms with Gasteiger partial charge in [0.2, 0.25) is 5.91 Å². The molecule has 27 heavy (non-hydrogen) atoms. The van der Waals surface area contributed by atoms with E-state index in [1.807, 2.05) is 24.3 Å². The highest BCUT2D eigenvalue weighted by molar-refractivity contribution is 5.99. The number of nitrogens with one attached hydrogen (secondary N) is 2. The molecule has 1 aliphatic rings. The zero-order valence-electron chi connectivity index (χ0n) is 15.4. The number of benzene rings is 2. The topological polar surface area (TPSA) is 61.4 Å². The number of piperidine rings is 1. The second-order valence-corrected chi connectivity index (χ2v) is 6.93. The molecule has 1 heterocycles. The van der Waals surface area contributed by atoms with Crippen molar-refractivity contribution in [2.24, 2.45) is 5.92 Å². The molecule has 3 rings (SSSR count). The van der Waals surface area contributed by atoms with Crippen molar-refractivity contribution in [2.45, 2.75) is 19.8 Å². The van der Waals surface area contributed by atoms with Crippen LogP contribution in [0.5, 0.6) is 0 Å². The first-order valence-corrected chi connectivity index (χ1v) is 9.20. The summed E-state index contributed by atoms with van der Waals surface area (Å²) in [6.45, 7) is 4.16. The number of carbonyl (C=O) groups excluding carboxylic acids is 2. The summed E-state index contributed by atoms with van der Waals surface area (Å²) in [5.74, 6) is -0.811. The van der Waals surface area contributed by atoms with Crippen LogP contribution in [0, 0.1) is 11.7 Å². The molecule has 0 radical (unpaired) electrons. The summed E-state index contributed by atoms with van der Waals surface area (Å²) in [5.41, 5.74) is 1.73. The van der Waals surface area contributed by atoms with Crippen molar-refractivity contribution in [3.63, 3.8) is 0 Å². The van der Waals surface area contributed by atoms with E-state index in [4.69, 9.17) is 0 Å². The highest BCUT2D eigenvalue weighted by Crippen LogP contribution is 2.24. The van der Waals surface area contributed by atoms with E-state index >= 15 is 0 Å². The minimum Gasteiger partial charge on any atom is -0.372 e. The van der Waals surface area contributed by atoms with Crippen molar-refractivity contribution >= 4 is 23.2 Å². The lowest BCUT2D eigenvalue weighted by atomic mass is 9.99. The van der Waals surface area contributed by atoms with E-state index in [0.717, 1.165) is 24.7 Å². The number of rotatable bonds is 5. The van der Waals surface area contributed by atoms with Gasteiger partial charge < -0.3 is 15.5 Å². The minimum atomic E-state index is -0.613. The van der Waals surface area contributed by atoms with Crippen molar-refractivity contribution < 1.29 is 14.0 Å². The Morgan fingerprint density at radius 1 is 1.07 bits per heavy atom. The molecule has 0 spiro atoms. The largest absolute Gasteiger partial charge is 0.372 e. The molecule has 0 bridgehead atoms. The van der Waals surface area contributed by atoms with Gasteiger partial charge in [0.15, 0.2) is 0 Å². The predicted molar refractivity (Wildman–Crippen MR) is 104 cm³/mol. The average molecular weight is 369 g/mol. The third-order valence-corrected chi connectivity index (χ3v) is 4.83. The number of nitrogens with zero attached hydrogens (tertiary/aromatic N) is 1. The highest BCUT2D eigenvalue weighted by atomic mass is 19.1. The van der Waals surface area contributed by atoms with E-state index in [0.29, 0.717) is 5.69 Å². The molecule has 2 N–H and O–H groups in total. The number of anilines is 2. The smallest absolute Gasteiger partial charge is 0.254 e. The molecule has 0 aromatic heterocycles. The highest BCUT2D eigenvalue weighted by Gasteiger charge is 2.16. The summed E-state index contributed by atoms with van der Waals surface area (Å²) < 4.78 is 13.6. The van der Waals surface area contributed by atoms with Gasteiger partial charge in [-0.2, -0.15) is 0 Å². The maximum atomic E-state index is 13.6. The molecule has 1 fully saturated rings. The van der Waals surface area contributed by atoms with Gasteiger partial charge in [-0.1, -0.05) is 19.1 Å². The Bertz CT molecular complexity index is 799. The molecule has 1 saturated heterocycles. The molecule has 2 aromatic carbocycles. The lowest BCUT2D eigenvalue weighted by molar-refractivity contribution is -0.115. The standard InChI is InChI=1S/C21H24FN3O2/c1-15-10-12-25(13-11-15)17-8-6-16(7-9-17)24-20(26)14-23-21(27)18-4-2-3-5-19(18)22/h2-9,15H,10-14H2,1H3,(H,23,27)(H,24,26). The van der Waals surface area contributed by atoms with Crippen LogP contribution in [0.1, 0.15) is 30.1 Å². The summed E-state index contributed by atoms with van der Waals surface area (Å²) in [7, 11) is 0. The SMILES string of the molecule is CC1CCN(c2ccc(NC(=O)CNC(=O)c3ccccc3F)cc2)CC1. The van der Waals surface area contributed by atoms with Gasteiger partial charge in [-0.3, -0.25) is 9.59 Å². The maximum absolute atomic E-state index is 13.6. The summed E-state index contributed by atoms with van der Waals surface area (Å²) in [4.78, 5) is 26.3. The summed E-state index contributed by atoms with van der Waals surface area (Å²) >= 11 is 0. The van der Waals surface area contributed by atoms with Crippen LogP contribution in [-0.2, 0) is 4.79 Å². The number of halogens is 1. The van der Waals surface area contributed by atoms with Gasteiger partial charge in [-0.15, -0.1) is 0 Å². The van der Waals surface area contributed by atoms with Gasteiger partial charge in [-0.05, 0) is 55.2 Å². The van der Waals surface area contributed by atoms with Crippen LogP contribution in [0.15, 0.2) is 48.5 Å².